The monoisotopic (exact) mass is 311 g/mol. The van der Waals surface area contributed by atoms with Gasteiger partial charge in [-0.25, -0.2) is 17.5 Å². The summed E-state index contributed by atoms with van der Waals surface area (Å²) >= 11 is 0. The molecule has 0 unspecified atom stereocenters. The fourth-order valence-electron chi connectivity index (χ4n) is 1.99. The van der Waals surface area contributed by atoms with Gasteiger partial charge in [0.15, 0.2) is 0 Å². The van der Waals surface area contributed by atoms with Crippen molar-refractivity contribution < 1.29 is 12.8 Å². The highest BCUT2D eigenvalue weighted by molar-refractivity contribution is 7.89. The maximum atomic E-state index is 12.8. The van der Waals surface area contributed by atoms with E-state index < -0.39 is 10.0 Å². The minimum Gasteiger partial charge on any atom is -0.352 e. The molecule has 0 spiro atoms. The number of aryl methyl sites for hydroxylation is 1. The Hall–Kier alpha value is -1.70. The highest BCUT2D eigenvalue weighted by atomic mass is 32.2. The van der Waals surface area contributed by atoms with Gasteiger partial charge in [0.25, 0.3) is 0 Å². The number of sulfonamides is 1. The lowest BCUT2D eigenvalue weighted by atomic mass is 10.1. The number of aromatic nitrogens is 1. The van der Waals surface area contributed by atoms with Crippen LogP contribution in [-0.4, -0.2) is 19.5 Å². The molecule has 3 N–H and O–H groups in total. The zero-order valence-electron chi connectivity index (χ0n) is 11.7. The number of hydrogen-bond acceptors (Lipinski definition) is 3. The quantitative estimate of drug-likeness (QED) is 0.840. The first kappa shape index (κ1) is 15.7. The second-order valence-corrected chi connectivity index (χ2v) is 6.52. The van der Waals surface area contributed by atoms with E-state index in [1.54, 1.807) is 29.8 Å². The largest absolute Gasteiger partial charge is 0.352 e. The second-order valence-electron chi connectivity index (χ2n) is 4.76. The Morgan fingerprint density at radius 2 is 1.95 bits per heavy atom. The fourth-order valence-corrected chi connectivity index (χ4v) is 3.12. The van der Waals surface area contributed by atoms with Crippen LogP contribution in [0.2, 0.25) is 0 Å². The number of nitrogens with zero attached hydrogens (tertiary/aromatic N) is 1. The molecule has 114 valence electrons. The van der Waals surface area contributed by atoms with Crippen LogP contribution in [0.15, 0.2) is 41.4 Å². The molecule has 0 bridgehead atoms. The maximum Gasteiger partial charge on any atom is 0.242 e. The summed E-state index contributed by atoms with van der Waals surface area (Å²) in [5.74, 6) is -0.307. The molecule has 0 aliphatic carbocycles. The van der Waals surface area contributed by atoms with Crippen molar-refractivity contribution >= 4 is 10.0 Å². The Kier molecular flexibility index (Phi) is 4.76. The molecule has 0 atom stereocenters. The fraction of sp³-hybridized carbons (Fsp3) is 0.286. The van der Waals surface area contributed by atoms with E-state index in [1.807, 2.05) is 0 Å². The summed E-state index contributed by atoms with van der Waals surface area (Å²) in [6, 6.07) is 7.54. The van der Waals surface area contributed by atoms with Crippen molar-refractivity contribution in [2.75, 3.05) is 6.54 Å². The van der Waals surface area contributed by atoms with Gasteiger partial charge in [-0.1, -0.05) is 12.1 Å². The lowest BCUT2D eigenvalue weighted by Gasteiger charge is -2.05. The van der Waals surface area contributed by atoms with Gasteiger partial charge in [0, 0.05) is 32.0 Å². The van der Waals surface area contributed by atoms with Crippen molar-refractivity contribution in [1.82, 2.24) is 9.29 Å². The summed E-state index contributed by atoms with van der Waals surface area (Å²) in [6.07, 6.45) is 2.03. The first-order valence-corrected chi connectivity index (χ1v) is 8.00. The van der Waals surface area contributed by atoms with Crippen LogP contribution in [0.4, 0.5) is 4.39 Å². The van der Waals surface area contributed by atoms with Crippen molar-refractivity contribution in [3.05, 3.63) is 53.6 Å². The van der Waals surface area contributed by atoms with Crippen LogP contribution in [0.3, 0.4) is 0 Å². The number of hydrogen-bond donors (Lipinski definition) is 2. The Morgan fingerprint density at radius 3 is 2.52 bits per heavy atom. The van der Waals surface area contributed by atoms with E-state index in [-0.39, 0.29) is 23.8 Å². The van der Waals surface area contributed by atoms with E-state index in [0.717, 1.165) is 11.3 Å². The van der Waals surface area contributed by atoms with Crippen LogP contribution in [0.1, 0.15) is 11.3 Å². The zero-order valence-corrected chi connectivity index (χ0v) is 12.5. The van der Waals surface area contributed by atoms with Gasteiger partial charge in [-0.3, -0.25) is 0 Å². The maximum absolute atomic E-state index is 12.8. The summed E-state index contributed by atoms with van der Waals surface area (Å²) in [5.41, 5.74) is 7.14. The normalized spacial score (nSPS) is 11.8. The summed E-state index contributed by atoms with van der Waals surface area (Å²) in [6.45, 7) is 0.530. The van der Waals surface area contributed by atoms with Crippen LogP contribution in [0, 0.1) is 5.82 Å². The highest BCUT2D eigenvalue weighted by Gasteiger charge is 2.16. The van der Waals surface area contributed by atoms with E-state index in [9.17, 15) is 12.8 Å². The standard InChI is InChI=1S/C14H18FN3O2S/c1-18-10-14(8-13(18)9-16)21(19,20)17-7-6-11-2-4-12(15)5-3-11/h2-5,8,10,17H,6-7,9,16H2,1H3. The molecule has 1 aromatic heterocycles. The Morgan fingerprint density at radius 1 is 1.29 bits per heavy atom. The molecular formula is C14H18FN3O2S. The minimum atomic E-state index is -3.55. The molecule has 5 nitrogen and oxygen atoms in total. The van der Waals surface area contributed by atoms with Crippen molar-refractivity contribution in [3.8, 4) is 0 Å². The van der Waals surface area contributed by atoms with Gasteiger partial charge in [0.2, 0.25) is 10.0 Å². The van der Waals surface area contributed by atoms with Crippen LogP contribution in [0.5, 0.6) is 0 Å². The first-order valence-electron chi connectivity index (χ1n) is 6.52. The predicted octanol–water partition coefficient (Wildman–Crippen LogP) is 1.14. The highest BCUT2D eigenvalue weighted by Crippen LogP contribution is 2.13. The molecule has 0 saturated carbocycles. The van der Waals surface area contributed by atoms with Crippen LogP contribution < -0.4 is 10.5 Å². The van der Waals surface area contributed by atoms with Crippen molar-refractivity contribution in [2.24, 2.45) is 12.8 Å². The molecule has 0 aliphatic heterocycles. The molecule has 2 aromatic rings. The van der Waals surface area contributed by atoms with Gasteiger partial charge < -0.3 is 10.3 Å². The molecule has 0 fully saturated rings. The SMILES string of the molecule is Cn1cc(S(=O)(=O)NCCc2ccc(F)cc2)cc1CN. The Labute approximate surface area is 123 Å². The number of nitrogens with two attached hydrogens (primary N) is 1. The third-order valence-electron chi connectivity index (χ3n) is 3.22. The molecule has 7 heteroatoms. The summed E-state index contributed by atoms with van der Waals surface area (Å²) in [7, 11) is -1.80. The van der Waals surface area contributed by atoms with Crippen LogP contribution >= 0.6 is 0 Å². The number of benzene rings is 1. The molecule has 0 saturated heterocycles. The van der Waals surface area contributed by atoms with Gasteiger partial charge >= 0.3 is 0 Å². The van der Waals surface area contributed by atoms with Crippen molar-refractivity contribution in [2.45, 2.75) is 17.9 Å². The molecule has 21 heavy (non-hydrogen) atoms. The lowest BCUT2D eigenvalue weighted by molar-refractivity contribution is 0.581. The van der Waals surface area contributed by atoms with Crippen molar-refractivity contribution in [3.63, 3.8) is 0 Å². The Bertz CT molecular complexity index is 708. The average Bonchev–Trinajstić information content (AvgIpc) is 2.83. The number of nitrogens with one attached hydrogen (secondary N) is 1. The molecule has 2 rings (SSSR count). The predicted molar refractivity (Wildman–Crippen MR) is 78.6 cm³/mol. The van der Waals surface area contributed by atoms with E-state index in [4.69, 9.17) is 5.73 Å². The van der Waals surface area contributed by atoms with Crippen LogP contribution in [-0.2, 0) is 30.0 Å². The van der Waals surface area contributed by atoms with Crippen molar-refractivity contribution in [1.29, 1.82) is 0 Å². The van der Waals surface area contributed by atoms with Crippen LogP contribution in [0.25, 0.3) is 0 Å². The van der Waals surface area contributed by atoms with Gasteiger partial charge in [-0.2, -0.15) is 0 Å². The lowest BCUT2D eigenvalue weighted by Crippen LogP contribution is -2.25. The molecule has 1 aromatic carbocycles. The number of halogens is 1. The molecule has 0 aliphatic rings. The molecule has 0 radical (unpaired) electrons. The zero-order chi connectivity index (χ0) is 15.5. The molecule has 1 heterocycles. The molecule has 0 amide bonds. The average molecular weight is 311 g/mol. The topological polar surface area (TPSA) is 77.1 Å². The Balaban J connectivity index is 1.99. The minimum absolute atomic E-state index is 0.199. The molecular weight excluding hydrogens is 293 g/mol. The van der Waals surface area contributed by atoms with E-state index >= 15 is 0 Å². The summed E-state index contributed by atoms with van der Waals surface area (Å²) in [4.78, 5) is 0.199. The smallest absolute Gasteiger partial charge is 0.242 e. The number of rotatable bonds is 6. The van der Waals surface area contributed by atoms with Gasteiger partial charge in [0.05, 0.1) is 4.90 Å². The van der Waals surface area contributed by atoms with E-state index in [0.29, 0.717) is 6.42 Å². The van der Waals surface area contributed by atoms with E-state index in [1.165, 1.54) is 18.3 Å². The first-order chi connectivity index (χ1) is 9.92. The summed E-state index contributed by atoms with van der Waals surface area (Å²) < 4.78 is 41.3. The second kappa shape index (κ2) is 6.38. The van der Waals surface area contributed by atoms with E-state index in [2.05, 4.69) is 4.72 Å². The third-order valence-corrected chi connectivity index (χ3v) is 4.65. The summed E-state index contributed by atoms with van der Waals surface area (Å²) in [5, 5.41) is 0. The van der Waals surface area contributed by atoms with Gasteiger partial charge in [-0.15, -0.1) is 0 Å². The van der Waals surface area contributed by atoms with Gasteiger partial charge in [-0.05, 0) is 30.2 Å². The third kappa shape index (κ3) is 3.90. The van der Waals surface area contributed by atoms with Gasteiger partial charge in [0.1, 0.15) is 5.82 Å².